The van der Waals surface area contributed by atoms with Crippen LogP contribution in [0.5, 0.6) is 0 Å². The van der Waals surface area contributed by atoms with E-state index in [0.717, 1.165) is 5.56 Å². The number of hydrogen-bond donors (Lipinski definition) is 2. The van der Waals surface area contributed by atoms with Crippen molar-refractivity contribution < 1.29 is 14.1 Å². The highest BCUT2D eigenvalue weighted by molar-refractivity contribution is 6.30. The molecule has 1 aromatic heterocycles. The molecule has 1 aromatic carbocycles. The minimum absolute atomic E-state index is 0. The van der Waals surface area contributed by atoms with Crippen LogP contribution in [-0.2, 0) is 9.53 Å². The molecule has 2 atom stereocenters. The third-order valence-electron chi connectivity index (χ3n) is 3.31. The fraction of sp³-hybridized carbons (Fsp3) is 0.400. The van der Waals surface area contributed by atoms with Crippen molar-refractivity contribution in [2.45, 2.75) is 25.5 Å². The maximum absolute atomic E-state index is 11.9. The lowest BCUT2D eigenvalue weighted by atomic mass is 10.2. The summed E-state index contributed by atoms with van der Waals surface area (Å²) in [6.07, 6.45) is -0.128. The lowest BCUT2D eigenvalue weighted by Gasteiger charge is -2.14. The zero-order valence-electron chi connectivity index (χ0n) is 13.4. The zero-order valence-corrected chi connectivity index (χ0v) is 14.9. The Morgan fingerprint density at radius 3 is 2.67 bits per heavy atom. The number of hydrogen-bond acceptors (Lipinski definition) is 6. The maximum atomic E-state index is 11.9. The van der Waals surface area contributed by atoms with Crippen LogP contribution in [0, 0.1) is 0 Å². The Morgan fingerprint density at radius 2 is 2.08 bits per heavy atom. The standard InChI is InChI=1S/C15H19ClN4O3.ClH/c1-9(18-13(21)7-12(8-17)22-2)14-19-15(23-20-14)10-3-5-11(16)6-4-10;/h3-6,9,12H,7-8,17H2,1-2H3,(H,18,21);1H. The highest BCUT2D eigenvalue weighted by Crippen LogP contribution is 2.21. The van der Waals surface area contributed by atoms with E-state index in [-0.39, 0.29) is 43.4 Å². The molecule has 1 heterocycles. The van der Waals surface area contributed by atoms with Gasteiger partial charge >= 0.3 is 0 Å². The van der Waals surface area contributed by atoms with E-state index in [0.29, 0.717) is 16.7 Å². The van der Waals surface area contributed by atoms with Crippen LogP contribution in [0.4, 0.5) is 0 Å². The number of amides is 1. The molecule has 2 rings (SSSR count). The van der Waals surface area contributed by atoms with Gasteiger partial charge < -0.3 is 20.3 Å². The third kappa shape index (κ3) is 5.45. The van der Waals surface area contributed by atoms with Gasteiger partial charge in [-0.2, -0.15) is 4.98 Å². The van der Waals surface area contributed by atoms with E-state index in [2.05, 4.69) is 15.5 Å². The summed E-state index contributed by atoms with van der Waals surface area (Å²) in [5.74, 6) is 0.576. The fourth-order valence-corrected chi connectivity index (χ4v) is 2.08. The van der Waals surface area contributed by atoms with Gasteiger partial charge in [0.25, 0.3) is 5.89 Å². The van der Waals surface area contributed by atoms with E-state index >= 15 is 0 Å². The molecule has 0 fully saturated rings. The largest absolute Gasteiger partial charge is 0.380 e. The van der Waals surface area contributed by atoms with Crippen LogP contribution < -0.4 is 11.1 Å². The zero-order chi connectivity index (χ0) is 16.8. The summed E-state index contributed by atoms with van der Waals surface area (Å²) in [5, 5.41) is 7.31. The number of ether oxygens (including phenoxy) is 1. The van der Waals surface area contributed by atoms with Gasteiger partial charge in [0.1, 0.15) is 0 Å². The summed E-state index contributed by atoms with van der Waals surface area (Å²) in [6, 6.07) is 6.66. The third-order valence-corrected chi connectivity index (χ3v) is 3.56. The summed E-state index contributed by atoms with van der Waals surface area (Å²) in [5.41, 5.74) is 6.26. The first-order valence-electron chi connectivity index (χ1n) is 7.15. The van der Waals surface area contributed by atoms with E-state index in [4.69, 9.17) is 26.6 Å². The van der Waals surface area contributed by atoms with E-state index in [1.807, 2.05) is 0 Å². The number of carbonyl (C=O) groups is 1. The molecule has 0 aliphatic rings. The molecule has 24 heavy (non-hydrogen) atoms. The summed E-state index contributed by atoms with van der Waals surface area (Å²) in [7, 11) is 1.52. The van der Waals surface area contributed by atoms with E-state index in [1.165, 1.54) is 7.11 Å². The molecular formula is C15H20Cl2N4O3. The second-order valence-corrected chi connectivity index (χ2v) is 5.49. The number of halogens is 2. The topological polar surface area (TPSA) is 103 Å². The van der Waals surface area contributed by atoms with Crippen LogP contribution >= 0.6 is 24.0 Å². The second kappa shape index (κ2) is 9.58. The van der Waals surface area contributed by atoms with Crippen molar-refractivity contribution in [1.29, 1.82) is 0 Å². The van der Waals surface area contributed by atoms with Gasteiger partial charge in [-0.15, -0.1) is 12.4 Å². The van der Waals surface area contributed by atoms with Crippen LogP contribution in [0.25, 0.3) is 11.5 Å². The molecule has 9 heteroatoms. The molecule has 0 spiro atoms. The van der Waals surface area contributed by atoms with Crippen LogP contribution in [0.15, 0.2) is 28.8 Å². The molecule has 132 valence electrons. The lowest BCUT2D eigenvalue weighted by molar-refractivity contribution is -0.124. The van der Waals surface area contributed by atoms with Gasteiger partial charge in [-0.25, -0.2) is 0 Å². The normalized spacial score (nSPS) is 13.0. The minimum Gasteiger partial charge on any atom is -0.380 e. The Labute approximate surface area is 151 Å². The number of nitrogens with two attached hydrogens (primary N) is 1. The average Bonchev–Trinajstić information content (AvgIpc) is 3.03. The van der Waals surface area contributed by atoms with Crippen LogP contribution in [0.1, 0.15) is 25.2 Å². The molecule has 2 unspecified atom stereocenters. The molecule has 0 radical (unpaired) electrons. The smallest absolute Gasteiger partial charge is 0.257 e. The lowest BCUT2D eigenvalue weighted by Crippen LogP contribution is -2.33. The fourth-order valence-electron chi connectivity index (χ4n) is 1.96. The van der Waals surface area contributed by atoms with Gasteiger partial charge in [-0.3, -0.25) is 4.79 Å². The Bertz CT molecular complexity index is 644. The summed E-state index contributed by atoms with van der Waals surface area (Å²) >= 11 is 5.84. The van der Waals surface area contributed by atoms with Gasteiger partial charge in [0.15, 0.2) is 5.82 Å². The van der Waals surface area contributed by atoms with Gasteiger partial charge in [0.05, 0.1) is 18.6 Å². The second-order valence-electron chi connectivity index (χ2n) is 5.05. The highest BCUT2D eigenvalue weighted by atomic mass is 35.5. The summed E-state index contributed by atoms with van der Waals surface area (Å²) < 4.78 is 10.3. The Kier molecular flexibility index (Phi) is 8.14. The molecule has 1 amide bonds. The highest BCUT2D eigenvalue weighted by Gasteiger charge is 2.19. The molecule has 7 nitrogen and oxygen atoms in total. The Hall–Kier alpha value is -1.67. The molecule has 2 aromatic rings. The molecule has 0 saturated heterocycles. The number of nitrogens with zero attached hydrogens (tertiary/aromatic N) is 2. The number of methoxy groups -OCH3 is 1. The predicted molar refractivity (Wildman–Crippen MR) is 93.0 cm³/mol. The molecule has 0 aliphatic carbocycles. The minimum atomic E-state index is -0.386. The predicted octanol–water partition coefficient (Wildman–Crippen LogP) is 2.35. The van der Waals surface area contributed by atoms with Gasteiger partial charge in [0.2, 0.25) is 5.91 Å². The van der Waals surface area contributed by atoms with Gasteiger partial charge in [-0.1, -0.05) is 16.8 Å². The van der Waals surface area contributed by atoms with Crippen molar-refractivity contribution in [3.8, 4) is 11.5 Å². The number of benzene rings is 1. The van der Waals surface area contributed by atoms with Crippen molar-refractivity contribution in [2.75, 3.05) is 13.7 Å². The number of rotatable bonds is 7. The molecule has 0 aliphatic heterocycles. The first-order chi connectivity index (χ1) is 11.0. The molecule has 0 bridgehead atoms. The monoisotopic (exact) mass is 374 g/mol. The Morgan fingerprint density at radius 1 is 1.42 bits per heavy atom. The SMILES string of the molecule is COC(CN)CC(=O)NC(C)c1noc(-c2ccc(Cl)cc2)n1.Cl. The first-order valence-corrected chi connectivity index (χ1v) is 7.53. The van der Waals surface area contributed by atoms with Crippen molar-refractivity contribution in [1.82, 2.24) is 15.5 Å². The molecule has 0 saturated carbocycles. The van der Waals surface area contributed by atoms with Crippen molar-refractivity contribution in [3.63, 3.8) is 0 Å². The first kappa shape index (κ1) is 20.4. The summed E-state index contributed by atoms with van der Waals surface area (Å²) in [6.45, 7) is 2.06. The molecule has 3 N–H and O–H groups in total. The number of aromatic nitrogens is 2. The number of nitrogens with one attached hydrogen (secondary N) is 1. The molecular weight excluding hydrogens is 355 g/mol. The van der Waals surface area contributed by atoms with Crippen LogP contribution in [-0.4, -0.2) is 35.8 Å². The van der Waals surface area contributed by atoms with Gasteiger partial charge in [-0.05, 0) is 31.2 Å². The Balaban J connectivity index is 0.00000288. The van der Waals surface area contributed by atoms with Gasteiger partial charge in [0, 0.05) is 24.2 Å². The van der Waals surface area contributed by atoms with E-state index in [1.54, 1.807) is 31.2 Å². The van der Waals surface area contributed by atoms with Crippen LogP contribution in [0.3, 0.4) is 0 Å². The summed E-state index contributed by atoms with van der Waals surface area (Å²) in [4.78, 5) is 16.2. The van der Waals surface area contributed by atoms with E-state index < -0.39 is 0 Å². The maximum Gasteiger partial charge on any atom is 0.257 e. The average molecular weight is 375 g/mol. The van der Waals surface area contributed by atoms with Crippen molar-refractivity contribution in [3.05, 3.63) is 35.1 Å². The van der Waals surface area contributed by atoms with Crippen molar-refractivity contribution >= 4 is 29.9 Å². The van der Waals surface area contributed by atoms with Crippen molar-refractivity contribution in [2.24, 2.45) is 5.73 Å². The van der Waals surface area contributed by atoms with E-state index in [9.17, 15) is 4.79 Å². The van der Waals surface area contributed by atoms with Crippen LogP contribution in [0.2, 0.25) is 5.02 Å². The number of carbonyl (C=O) groups excluding carboxylic acids is 1. The quantitative estimate of drug-likeness (QED) is 0.770.